The summed E-state index contributed by atoms with van der Waals surface area (Å²) in [4.78, 5) is 24.4. The summed E-state index contributed by atoms with van der Waals surface area (Å²) in [5, 5.41) is 2.77. The van der Waals surface area contributed by atoms with Gasteiger partial charge in [0, 0.05) is 23.4 Å². The summed E-state index contributed by atoms with van der Waals surface area (Å²) < 4.78 is 13.1. The number of rotatable bonds is 2. The summed E-state index contributed by atoms with van der Waals surface area (Å²) in [6.45, 7) is 0. The van der Waals surface area contributed by atoms with Crippen LogP contribution in [0.4, 0.5) is 10.1 Å². The standard InChI is InChI=1S/C16H17ClFNO2/c17-13-8-12(4-5-14(13)18)19-16(21)11-6-9-2-1-3-10(7-11)15(9)20/h4-5,8-11H,1-3,6-7H2,(H,19,21). The van der Waals surface area contributed by atoms with Gasteiger partial charge in [-0.25, -0.2) is 4.39 Å². The Morgan fingerprint density at radius 1 is 1.24 bits per heavy atom. The molecule has 3 nitrogen and oxygen atoms in total. The number of carbonyl (C=O) groups is 2. The minimum atomic E-state index is -0.507. The van der Waals surface area contributed by atoms with Crippen molar-refractivity contribution in [2.45, 2.75) is 32.1 Å². The third-order valence-electron chi connectivity index (χ3n) is 4.61. The molecule has 0 heterocycles. The van der Waals surface area contributed by atoms with E-state index in [4.69, 9.17) is 11.6 Å². The van der Waals surface area contributed by atoms with Crippen molar-refractivity contribution in [3.63, 3.8) is 0 Å². The predicted molar refractivity (Wildman–Crippen MR) is 78.6 cm³/mol. The van der Waals surface area contributed by atoms with E-state index in [2.05, 4.69) is 5.32 Å². The summed E-state index contributed by atoms with van der Waals surface area (Å²) >= 11 is 5.71. The molecule has 112 valence electrons. The van der Waals surface area contributed by atoms with Crippen LogP contribution < -0.4 is 5.32 Å². The smallest absolute Gasteiger partial charge is 0.227 e. The first-order chi connectivity index (χ1) is 10.0. The van der Waals surface area contributed by atoms with Crippen molar-refractivity contribution in [2.24, 2.45) is 17.8 Å². The van der Waals surface area contributed by atoms with E-state index in [9.17, 15) is 14.0 Å². The third-order valence-corrected chi connectivity index (χ3v) is 4.90. The van der Waals surface area contributed by atoms with Gasteiger partial charge in [0.1, 0.15) is 11.6 Å². The van der Waals surface area contributed by atoms with Crippen LogP contribution in [-0.4, -0.2) is 11.7 Å². The minimum Gasteiger partial charge on any atom is -0.326 e. The number of ketones is 1. The van der Waals surface area contributed by atoms with Gasteiger partial charge in [0.2, 0.25) is 5.91 Å². The molecule has 1 aromatic rings. The average Bonchev–Trinajstić information content (AvgIpc) is 2.42. The molecule has 5 heteroatoms. The van der Waals surface area contributed by atoms with Gasteiger partial charge in [-0.2, -0.15) is 0 Å². The first-order valence-corrected chi connectivity index (χ1v) is 7.72. The lowest BCUT2D eigenvalue weighted by Gasteiger charge is -2.36. The molecule has 0 aliphatic heterocycles. The van der Waals surface area contributed by atoms with Crippen LogP contribution >= 0.6 is 11.6 Å². The lowest BCUT2D eigenvalue weighted by atomic mass is 9.67. The fourth-order valence-corrected chi connectivity index (χ4v) is 3.69. The number of hydrogen-bond donors (Lipinski definition) is 1. The first-order valence-electron chi connectivity index (χ1n) is 7.34. The lowest BCUT2D eigenvalue weighted by Crippen LogP contribution is -2.40. The second kappa shape index (κ2) is 5.76. The van der Waals surface area contributed by atoms with Gasteiger partial charge in [-0.05, 0) is 43.9 Å². The maximum atomic E-state index is 13.1. The molecule has 2 unspecified atom stereocenters. The first kappa shape index (κ1) is 14.5. The monoisotopic (exact) mass is 309 g/mol. The highest BCUT2D eigenvalue weighted by molar-refractivity contribution is 6.31. The Bertz CT molecular complexity index is 574. The van der Waals surface area contributed by atoms with Crippen LogP contribution in [0.25, 0.3) is 0 Å². The van der Waals surface area contributed by atoms with E-state index in [0.29, 0.717) is 24.3 Å². The van der Waals surface area contributed by atoms with Crippen LogP contribution in [-0.2, 0) is 9.59 Å². The summed E-state index contributed by atoms with van der Waals surface area (Å²) in [5.41, 5.74) is 0.494. The van der Waals surface area contributed by atoms with Crippen LogP contribution in [0.5, 0.6) is 0 Å². The molecule has 2 aliphatic carbocycles. The van der Waals surface area contributed by atoms with E-state index in [-0.39, 0.29) is 28.7 Å². The van der Waals surface area contributed by atoms with Gasteiger partial charge in [-0.1, -0.05) is 18.0 Å². The van der Waals surface area contributed by atoms with Gasteiger partial charge in [-0.3, -0.25) is 9.59 Å². The van der Waals surface area contributed by atoms with Crippen LogP contribution in [0.1, 0.15) is 32.1 Å². The average molecular weight is 310 g/mol. The molecule has 0 aromatic heterocycles. The van der Waals surface area contributed by atoms with Gasteiger partial charge < -0.3 is 5.32 Å². The molecule has 0 saturated heterocycles. The van der Waals surface area contributed by atoms with Crippen molar-refractivity contribution in [3.05, 3.63) is 29.0 Å². The topological polar surface area (TPSA) is 46.2 Å². The Morgan fingerprint density at radius 2 is 1.90 bits per heavy atom. The van der Waals surface area contributed by atoms with Crippen molar-refractivity contribution >= 4 is 29.0 Å². The number of nitrogens with one attached hydrogen (secondary N) is 1. The maximum Gasteiger partial charge on any atom is 0.227 e. The summed E-state index contributed by atoms with van der Waals surface area (Å²) in [6, 6.07) is 4.13. The highest BCUT2D eigenvalue weighted by atomic mass is 35.5. The van der Waals surface area contributed by atoms with E-state index in [1.807, 2.05) is 0 Å². The molecular formula is C16H17ClFNO2. The van der Waals surface area contributed by atoms with Gasteiger partial charge >= 0.3 is 0 Å². The van der Waals surface area contributed by atoms with Crippen LogP contribution in [0.3, 0.4) is 0 Å². The Morgan fingerprint density at radius 3 is 2.52 bits per heavy atom. The molecule has 1 amide bonds. The Labute approximate surface area is 127 Å². The lowest BCUT2D eigenvalue weighted by molar-refractivity contribution is -0.136. The van der Waals surface area contributed by atoms with E-state index in [0.717, 1.165) is 19.3 Å². The molecule has 21 heavy (non-hydrogen) atoms. The summed E-state index contributed by atoms with van der Waals surface area (Å²) in [7, 11) is 0. The molecule has 1 aromatic carbocycles. The number of carbonyl (C=O) groups excluding carboxylic acids is 2. The second-order valence-corrected chi connectivity index (χ2v) is 6.42. The van der Waals surface area contributed by atoms with Crippen LogP contribution in [0.15, 0.2) is 18.2 Å². The molecule has 2 aliphatic rings. The highest BCUT2D eigenvalue weighted by Gasteiger charge is 2.41. The number of fused-ring (bicyclic) bond motifs is 2. The van der Waals surface area contributed by atoms with Crippen LogP contribution in [0.2, 0.25) is 5.02 Å². The van der Waals surface area contributed by atoms with Crippen molar-refractivity contribution in [3.8, 4) is 0 Å². The predicted octanol–water partition coefficient (Wildman–Crippen LogP) is 3.81. The maximum absolute atomic E-state index is 13.1. The minimum absolute atomic E-state index is 0.0107. The Balaban J connectivity index is 1.68. The quantitative estimate of drug-likeness (QED) is 0.903. The van der Waals surface area contributed by atoms with Gasteiger partial charge in [-0.15, -0.1) is 0 Å². The number of hydrogen-bond acceptors (Lipinski definition) is 2. The SMILES string of the molecule is O=C(Nc1ccc(F)c(Cl)c1)C1CC2CCCC(C1)C2=O. The molecule has 0 radical (unpaired) electrons. The number of Topliss-reactive ketones (excluding diaryl/α,β-unsaturated/α-hetero) is 1. The second-order valence-electron chi connectivity index (χ2n) is 6.01. The Kier molecular flexibility index (Phi) is 3.98. The zero-order chi connectivity index (χ0) is 15.0. The van der Waals surface area contributed by atoms with E-state index in [1.54, 1.807) is 0 Å². The molecule has 1 N–H and O–H groups in total. The molecular weight excluding hydrogens is 293 g/mol. The van der Waals surface area contributed by atoms with Gasteiger partial charge in [0.15, 0.2) is 0 Å². The molecule has 3 rings (SSSR count). The molecule has 2 bridgehead atoms. The largest absolute Gasteiger partial charge is 0.326 e. The molecule has 2 atom stereocenters. The number of benzene rings is 1. The van der Waals surface area contributed by atoms with Gasteiger partial charge in [0.25, 0.3) is 0 Å². The van der Waals surface area contributed by atoms with E-state index < -0.39 is 5.82 Å². The number of amides is 1. The van der Waals surface area contributed by atoms with E-state index >= 15 is 0 Å². The summed E-state index contributed by atoms with van der Waals surface area (Å²) in [5.74, 6) is -0.304. The van der Waals surface area contributed by atoms with Crippen LogP contribution in [0, 0.1) is 23.6 Å². The normalized spacial score (nSPS) is 28.3. The zero-order valence-electron chi connectivity index (χ0n) is 11.6. The van der Waals surface area contributed by atoms with Crippen molar-refractivity contribution in [1.82, 2.24) is 0 Å². The Hall–Kier alpha value is -1.42. The third kappa shape index (κ3) is 2.95. The number of halogens is 2. The highest BCUT2D eigenvalue weighted by Crippen LogP contribution is 2.40. The van der Waals surface area contributed by atoms with Crippen molar-refractivity contribution in [1.29, 1.82) is 0 Å². The molecule has 0 spiro atoms. The fraction of sp³-hybridized carbons (Fsp3) is 0.500. The van der Waals surface area contributed by atoms with Crippen molar-refractivity contribution < 1.29 is 14.0 Å². The van der Waals surface area contributed by atoms with Gasteiger partial charge in [0.05, 0.1) is 5.02 Å². The van der Waals surface area contributed by atoms with E-state index in [1.165, 1.54) is 18.2 Å². The molecule has 2 saturated carbocycles. The molecule has 2 fully saturated rings. The van der Waals surface area contributed by atoms with Crippen molar-refractivity contribution in [2.75, 3.05) is 5.32 Å². The fourth-order valence-electron chi connectivity index (χ4n) is 3.51. The summed E-state index contributed by atoms with van der Waals surface area (Å²) in [6.07, 6.45) is 4.16. The number of anilines is 1. The zero-order valence-corrected chi connectivity index (χ0v) is 12.3.